The average Bonchev–Trinajstić information content (AvgIpc) is 2.55. The Morgan fingerprint density at radius 2 is 1.92 bits per heavy atom. The lowest BCUT2D eigenvalue weighted by Crippen LogP contribution is -2.40. The molecule has 0 radical (unpaired) electrons. The van der Waals surface area contributed by atoms with Crippen LogP contribution in [0.5, 0.6) is 5.75 Å². The predicted molar refractivity (Wildman–Crippen MR) is 101 cm³/mol. The van der Waals surface area contributed by atoms with E-state index in [1.54, 1.807) is 0 Å². The maximum absolute atomic E-state index is 6.02. The summed E-state index contributed by atoms with van der Waals surface area (Å²) >= 11 is 0. The van der Waals surface area contributed by atoms with Crippen molar-refractivity contribution in [3.05, 3.63) is 59.7 Å². The summed E-state index contributed by atoms with van der Waals surface area (Å²) in [5.41, 5.74) is 3.70. The van der Waals surface area contributed by atoms with Gasteiger partial charge < -0.3 is 15.4 Å². The molecular weight excluding hydrogens is 296 g/mol. The van der Waals surface area contributed by atoms with Crippen LogP contribution >= 0.6 is 0 Å². The molecule has 1 aliphatic rings. The van der Waals surface area contributed by atoms with Gasteiger partial charge in [0.15, 0.2) is 0 Å². The number of anilines is 1. The first-order chi connectivity index (χ1) is 11.5. The molecule has 0 saturated heterocycles. The number of nitrogens with one attached hydrogen (secondary N) is 2. The SMILES string of the molecule is CC(Cc1ccc2c(c1)NCC(C)(C)O2)NCCc1ccccc1. The van der Waals surface area contributed by atoms with Crippen LogP contribution in [0.25, 0.3) is 0 Å². The summed E-state index contributed by atoms with van der Waals surface area (Å²) in [6.07, 6.45) is 2.09. The molecule has 1 heterocycles. The van der Waals surface area contributed by atoms with Crippen LogP contribution in [-0.2, 0) is 12.8 Å². The molecule has 2 aromatic carbocycles. The Morgan fingerprint density at radius 1 is 1.12 bits per heavy atom. The molecule has 2 aromatic rings. The standard InChI is InChI=1S/C21H28N2O/c1-16(22-12-11-17-7-5-4-6-8-17)13-18-9-10-20-19(14-18)23-15-21(2,3)24-20/h4-10,14,16,22-23H,11-13,15H2,1-3H3. The Bertz CT molecular complexity index is 667. The molecule has 128 valence electrons. The normalized spacial score (nSPS) is 16.6. The van der Waals surface area contributed by atoms with Gasteiger partial charge in [0.2, 0.25) is 0 Å². The van der Waals surface area contributed by atoms with Crippen molar-refractivity contribution in [3.8, 4) is 5.75 Å². The second-order valence-corrected chi connectivity index (χ2v) is 7.34. The van der Waals surface area contributed by atoms with E-state index in [0.717, 1.165) is 37.4 Å². The van der Waals surface area contributed by atoms with E-state index in [1.165, 1.54) is 11.1 Å². The highest BCUT2D eigenvalue weighted by molar-refractivity contribution is 5.60. The van der Waals surface area contributed by atoms with E-state index in [-0.39, 0.29) is 5.60 Å². The first kappa shape index (κ1) is 16.8. The molecular formula is C21H28N2O. The van der Waals surface area contributed by atoms with Crippen LogP contribution in [0.4, 0.5) is 5.69 Å². The predicted octanol–water partition coefficient (Wildman–Crippen LogP) is 4.03. The van der Waals surface area contributed by atoms with Crippen molar-refractivity contribution >= 4 is 5.69 Å². The molecule has 3 heteroatoms. The van der Waals surface area contributed by atoms with Crippen LogP contribution in [0.2, 0.25) is 0 Å². The zero-order valence-electron chi connectivity index (χ0n) is 14.9. The third-order valence-corrected chi connectivity index (χ3v) is 4.43. The van der Waals surface area contributed by atoms with Crippen molar-refractivity contribution in [3.63, 3.8) is 0 Å². The summed E-state index contributed by atoms with van der Waals surface area (Å²) in [5.74, 6) is 0.958. The zero-order chi connectivity index (χ0) is 17.0. The van der Waals surface area contributed by atoms with E-state index in [9.17, 15) is 0 Å². The highest BCUT2D eigenvalue weighted by Crippen LogP contribution is 2.33. The fraction of sp³-hybridized carbons (Fsp3) is 0.429. The summed E-state index contributed by atoms with van der Waals surface area (Å²) in [6, 6.07) is 17.6. The zero-order valence-corrected chi connectivity index (χ0v) is 14.9. The highest BCUT2D eigenvalue weighted by Gasteiger charge is 2.26. The highest BCUT2D eigenvalue weighted by atomic mass is 16.5. The molecule has 1 atom stereocenters. The lowest BCUT2D eigenvalue weighted by molar-refractivity contribution is 0.116. The van der Waals surface area contributed by atoms with Crippen LogP contribution < -0.4 is 15.4 Å². The number of fused-ring (bicyclic) bond motifs is 1. The van der Waals surface area contributed by atoms with Gasteiger partial charge in [0.1, 0.15) is 11.4 Å². The molecule has 0 aliphatic carbocycles. The van der Waals surface area contributed by atoms with Crippen LogP contribution in [0.1, 0.15) is 31.9 Å². The van der Waals surface area contributed by atoms with E-state index in [0.29, 0.717) is 6.04 Å². The summed E-state index contributed by atoms with van der Waals surface area (Å²) in [5, 5.41) is 7.11. The molecule has 24 heavy (non-hydrogen) atoms. The monoisotopic (exact) mass is 324 g/mol. The Morgan fingerprint density at radius 3 is 2.71 bits per heavy atom. The van der Waals surface area contributed by atoms with Gasteiger partial charge in [0.05, 0.1) is 12.2 Å². The second kappa shape index (κ2) is 7.27. The largest absolute Gasteiger partial charge is 0.484 e. The van der Waals surface area contributed by atoms with Gasteiger partial charge in [0.25, 0.3) is 0 Å². The Kier molecular flexibility index (Phi) is 5.10. The van der Waals surface area contributed by atoms with Crippen LogP contribution in [0, 0.1) is 0 Å². The van der Waals surface area contributed by atoms with Crippen molar-refractivity contribution in [1.29, 1.82) is 0 Å². The number of ether oxygens (including phenoxy) is 1. The molecule has 0 fully saturated rings. The first-order valence-corrected chi connectivity index (χ1v) is 8.85. The number of hydrogen-bond donors (Lipinski definition) is 2. The maximum Gasteiger partial charge on any atom is 0.143 e. The van der Waals surface area contributed by atoms with Crippen molar-refractivity contribution in [2.24, 2.45) is 0 Å². The molecule has 0 saturated carbocycles. The second-order valence-electron chi connectivity index (χ2n) is 7.34. The summed E-state index contributed by atoms with van der Waals surface area (Å²) < 4.78 is 6.02. The van der Waals surface area contributed by atoms with E-state index in [1.807, 2.05) is 0 Å². The molecule has 3 rings (SSSR count). The number of rotatable bonds is 6. The smallest absolute Gasteiger partial charge is 0.143 e. The fourth-order valence-electron chi connectivity index (χ4n) is 3.11. The lowest BCUT2D eigenvalue weighted by atomic mass is 10.0. The van der Waals surface area contributed by atoms with E-state index in [4.69, 9.17) is 4.74 Å². The van der Waals surface area contributed by atoms with E-state index >= 15 is 0 Å². The minimum Gasteiger partial charge on any atom is -0.484 e. The van der Waals surface area contributed by atoms with Gasteiger partial charge in [-0.2, -0.15) is 0 Å². The van der Waals surface area contributed by atoms with Gasteiger partial charge >= 0.3 is 0 Å². The molecule has 1 aliphatic heterocycles. The summed E-state index contributed by atoms with van der Waals surface area (Å²) in [7, 11) is 0. The molecule has 1 unspecified atom stereocenters. The fourth-order valence-corrected chi connectivity index (χ4v) is 3.11. The minimum atomic E-state index is -0.138. The molecule has 0 aromatic heterocycles. The van der Waals surface area contributed by atoms with Crippen molar-refractivity contribution < 1.29 is 4.74 Å². The van der Waals surface area contributed by atoms with Gasteiger partial charge in [-0.05, 0) is 63.4 Å². The maximum atomic E-state index is 6.02. The molecule has 3 nitrogen and oxygen atoms in total. The Hall–Kier alpha value is -2.00. The van der Waals surface area contributed by atoms with Crippen molar-refractivity contribution in [1.82, 2.24) is 5.32 Å². The molecule has 2 N–H and O–H groups in total. The van der Waals surface area contributed by atoms with Crippen LogP contribution in [-0.4, -0.2) is 24.7 Å². The molecule has 0 spiro atoms. The van der Waals surface area contributed by atoms with Crippen molar-refractivity contribution in [2.45, 2.75) is 45.3 Å². The molecule has 0 bridgehead atoms. The minimum absolute atomic E-state index is 0.138. The first-order valence-electron chi connectivity index (χ1n) is 8.85. The van der Waals surface area contributed by atoms with E-state index in [2.05, 4.69) is 79.9 Å². The van der Waals surface area contributed by atoms with Gasteiger partial charge in [-0.1, -0.05) is 36.4 Å². The van der Waals surface area contributed by atoms with Gasteiger partial charge in [0, 0.05) is 6.04 Å². The van der Waals surface area contributed by atoms with Gasteiger partial charge in [-0.3, -0.25) is 0 Å². The van der Waals surface area contributed by atoms with Gasteiger partial charge in [-0.25, -0.2) is 0 Å². The number of benzene rings is 2. The van der Waals surface area contributed by atoms with Crippen molar-refractivity contribution in [2.75, 3.05) is 18.4 Å². The third kappa shape index (κ3) is 4.51. The molecule has 0 amide bonds. The Labute approximate surface area is 145 Å². The lowest BCUT2D eigenvalue weighted by Gasteiger charge is -2.33. The summed E-state index contributed by atoms with van der Waals surface area (Å²) in [6.45, 7) is 8.31. The quantitative estimate of drug-likeness (QED) is 0.841. The number of hydrogen-bond acceptors (Lipinski definition) is 3. The topological polar surface area (TPSA) is 33.3 Å². The average molecular weight is 324 g/mol. The summed E-state index contributed by atoms with van der Waals surface area (Å²) in [4.78, 5) is 0. The van der Waals surface area contributed by atoms with Gasteiger partial charge in [-0.15, -0.1) is 0 Å². The van der Waals surface area contributed by atoms with E-state index < -0.39 is 0 Å². The Balaban J connectivity index is 1.51. The van der Waals surface area contributed by atoms with Crippen LogP contribution in [0.15, 0.2) is 48.5 Å². The van der Waals surface area contributed by atoms with Crippen LogP contribution in [0.3, 0.4) is 0 Å². The third-order valence-electron chi connectivity index (χ3n) is 4.43.